The summed E-state index contributed by atoms with van der Waals surface area (Å²) in [4.78, 5) is 4.31. The monoisotopic (exact) mass is 532 g/mol. The van der Waals surface area contributed by atoms with Gasteiger partial charge in [0.15, 0.2) is 9.84 Å². The number of hydrogen-bond acceptors (Lipinski definition) is 5. The standard InChI is InChI=1S/C26H23ClF2N2O4S/c1-26(2,33)23-13-31(25(30-23)24-18(27)5-4-6-19(24)28)21-10-9-15(11-20(21)29)16-7-8-17(14-32)22(12-16)36(3,34)35/h4-13,32-33H,14H2,1-3H3. The Hall–Kier alpha value is -3.11. The van der Waals surface area contributed by atoms with Gasteiger partial charge < -0.3 is 10.2 Å². The molecule has 0 fully saturated rings. The SMILES string of the molecule is CC(C)(O)c1cn(-c2ccc(-c3ccc(CO)c(S(C)(=O)=O)c3)cc2F)c(-c2c(F)cccc2Cl)n1. The summed E-state index contributed by atoms with van der Waals surface area (Å²) in [5.74, 6) is -1.35. The van der Waals surface area contributed by atoms with Crippen molar-refractivity contribution < 1.29 is 27.4 Å². The van der Waals surface area contributed by atoms with Crippen LogP contribution in [-0.4, -0.2) is 34.4 Å². The minimum atomic E-state index is -3.63. The van der Waals surface area contributed by atoms with Crippen LogP contribution in [0.3, 0.4) is 0 Å². The third-order valence-electron chi connectivity index (χ3n) is 5.70. The second kappa shape index (κ2) is 9.40. The Labute approximate surface area is 212 Å². The van der Waals surface area contributed by atoms with E-state index in [1.807, 2.05) is 0 Å². The van der Waals surface area contributed by atoms with Gasteiger partial charge in [0, 0.05) is 12.5 Å². The van der Waals surface area contributed by atoms with Crippen LogP contribution in [0.5, 0.6) is 0 Å². The van der Waals surface area contributed by atoms with E-state index >= 15 is 4.39 Å². The third-order valence-corrected chi connectivity index (χ3v) is 7.19. The summed E-state index contributed by atoms with van der Waals surface area (Å²) in [6.45, 7) is 2.55. The molecule has 2 N–H and O–H groups in total. The van der Waals surface area contributed by atoms with Crippen LogP contribution in [0.2, 0.25) is 5.02 Å². The number of benzene rings is 3. The quantitative estimate of drug-likeness (QED) is 0.353. The summed E-state index contributed by atoms with van der Waals surface area (Å²) in [5, 5.41) is 20.0. The maximum absolute atomic E-state index is 15.5. The van der Waals surface area contributed by atoms with Crippen LogP contribution in [0.1, 0.15) is 25.1 Å². The van der Waals surface area contributed by atoms with E-state index < -0.39 is 33.7 Å². The molecule has 0 amide bonds. The molecular formula is C26H23ClF2N2O4S. The van der Waals surface area contributed by atoms with Crippen molar-refractivity contribution in [3.8, 4) is 28.2 Å². The Bertz CT molecular complexity index is 1560. The maximum Gasteiger partial charge on any atom is 0.175 e. The number of aliphatic hydroxyl groups excluding tert-OH is 1. The highest BCUT2D eigenvalue weighted by Gasteiger charge is 2.26. The largest absolute Gasteiger partial charge is 0.392 e. The third kappa shape index (κ3) is 4.92. The van der Waals surface area contributed by atoms with Crippen molar-refractivity contribution in [2.45, 2.75) is 31.0 Å². The van der Waals surface area contributed by atoms with Crippen LogP contribution >= 0.6 is 11.6 Å². The minimum Gasteiger partial charge on any atom is -0.392 e. The van der Waals surface area contributed by atoms with Crippen molar-refractivity contribution in [2.75, 3.05) is 6.26 Å². The van der Waals surface area contributed by atoms with Gasteiger partial charge in [-0.2, -0.15) is 0 Å². The number of halogens is 3. The molecule has 0 saturated heterocycles. The summed E-state index contributed by atoms with van der Waals surface area (Å²) in [7, 11) is -3.63. The lowest BCUT2D eigenvalue weighted by molar-refractivity contribution is 0.0743. The van der Waals surface area contributed by atoms with Gasteiger partial charge in [-0.25, -0.2) is 22.2 Å². The van der Waals surface area contributed by atoms with Crippen LogP contribution < -0.4 is 0 Å². The van der Waals surface area contributed by atoms with Gasteiger partial charge in [0.2, 0.25) is 0 Å². The number of aromatic nitrogens is 2. The van der Waals surface area contributed by atoms with Crippen molar-refractivity contribution in [1.82, 2.24) is 9.55 Å². The number of rotatable bonds is 6. The zero-order valence-electron chi connectivity index (χ0n) is 19.6. The second-order valence-corrected chi connectivity index (χ2v) is 11.3. The van der Waals surface area contributed by atoms with Gasteiger partial charge in [-0.15, -0.1) is 0 Å². The molecule has 188 valence electrons. The molecule has 4 rings (SSSR count). The molecular weight excluding hydrogens is 510 g/mol. The lowest BCUT2D eigenvalue weighted by Crippen LogP contribution is -2.15. The summed E-state index contributed by atoms with van der Waals surface area (Å²) < 4.78 is 55.9. The van der Waals surface area contributed by atoms with Crippen molar-refractivity contribution >= 4 is 21.4 Å². The number of hydrogen-bond donors (Lipinski definition) is 2. The average molecular weight is 533 g/mol. The van der Waals surface area contributed by atoms with Gasteiger partial charge in [0.05, 0.1) is 33.5 Å². The Balaban J connectivity index is 1.88. The lowest BCUT2D eigenvalue weighted by Gasteiger charge is -2.13. The highest BCUT2D eigenvalue weighted by molar-refractivity contribution is 7.90. The summed E-state index contributed by atoms with van der Waals surface area (Å²) in [6.07, 6.45) is 2.44. The molecule has 3 aromatic carbocycles. The summed E-state index contributed by atoms with van der Waals surface area (Å²) in [6, 6.07) is 12.8. The van der Waals surface area contributed by atoms with Crippen molar-refractivity contribution in [3.05, 3.63) is 88.7 Å². The molecule has 0 aliphatic rings. The molecule has 4 aromatic rings. The number of aliphatic hydroxyl groups is 2. The molecule has 0 aliphatic heterocycles. The van der Waals surface area contributed by atoms with E-state index in [4.69, 9.17) is 11.6 Å². The van der Waals surface area contributed by atoms with E-state index in [9.17, 15) is 23.0 Å². The predicted molar refractivity (Wildman–Crippen MR) is 134 cm³/mol. The van der Waals surface area contributed by atoms with Gasteiger partial charge in [0.1, 0.15) is 23.1 Å². The summed E-state index contributed by atoms with van der Waals surface area (Å²) >= 11 is 6.25. The van der Waals surface area contributed by atoms with Gasteiger partial charge >= 0.3 is 0 Å². The highest BCUT2D eigenvalue weighted by Crippen LogP contribution is 2.35. The van der Waals surface area contributed by atoms with Crippen LogP contribution in [0, 0.1) is 11.6 Å². The van der Waals surface area contributed by atoms with Crippen LogP contribution in [-0.2, 0) is 22.0 Å². The van der Waals surface area contributed by atoms with Crippen LogP contribution in [0.4, 0.5) is 8.78 Å². The Kier molecular flexibility index (Phi) is 6.78. The minimum absolute atomic E-state index is 0.00790. The second-order valence-electron chi connectivity index (χ2n) is 8.89. The van der Waals surface area contributed by atoms with E-state index in [-0.39, 0.29) is 38.3 Å². The van der Waals surface area contributed by atoms with Gasteiger partial charge in [-0.1, -0.05) is 35.9 Å². The Morgan fingerprint density at radius 1 is 1.03 bits per heavy atom. The molecule has 0 atom stereocenters. The highest BCUT2D eigenvalue weighted by atomic mass is 35.5. The van der Waals surface area contributed by atoms with Crippen LogP contribution in [0.25, 0.3) is 28.2 Å². The molecule has 0 radical (unpaired) electrons. The molecule has 0 spiro atoms. The first-order valence-electron chi connectivity index (χ1n) is 10.8. The molecule has 0 unspecified atom stereocenters. The number of imidazole rings is 1. The molecule has 1 heterocycles. The predicted octanol–water partition coefficient (Wildman–Crippen LogP) is 5.26. The summed E-state index contributed by atoms with van der Waals surface area (Å²) in [5.41, 5.74) is -0.191. The fourth-order valence-corrected chi connectivity index (χ4v) is 5.04. The van der Waals surface area contributed by atoms with Gasteiger partial charge in [-0.3, -0.25) is 4.57 Å². The normalized spacial score (nSPS) is 12.2. The molecule has 0 bridgehead atoms. The number of nitrogens with zero attached hydrogens (tertiary/aromatic N) is 2. The molecule has 1 aromatic heterocycles. The van der Waals surface area contributed by atoms with Gasteiger partial charge in [-0.05, 0) is 60.9 Å². The van der Waals surface area contributed by atoms with E-state index in [1.165, 1.54) is 67.1 Å². The van der Waals surface area contributed by atoms with Crippen LogP contribution in [0.15, 0.2) is 65.7 Å². The molecule has 0 aliphatic carbocycles. The molecule has 6 nitrogen and oxygen atoms in total. The first-order chi connectivity index (χ1) is 16.8. The zero-order chi connectivity index (χ0) is 26.4. The Morgan fingerprint density at radius 3 is 2.28 bits per heavy atom. The van der Waals surface area contributed by atoms with E-state index in [0.717, 1.165) is 6.26 Å². The van der Waals surface area contributed by atoms with Crippen molar-refractivity contribution in [1.29, 1.82) is 0 Å². The number of sulfone groups is 1. The van der Waals surface area contributed by atoms with E-state index in [1.54, 1.807) is 12.1 Å². The molecule has 0 saturated carbocycles. The molecule has 36 heavy (non-hydrogen) atoms. The first-order valence-corrected chi connectivity index (χ1v) is 13.1. The maximum atomic E-state index is 15.5. The van der Waals surface area contributed by atoms with Crippen molar-refractivity contribution in [3.63, 3.8) is 0 Å². The zero-order valence-corrected chi connectivity index (χ0v) is 21.2. The topological polar surface area (TPSA) is 92.4 Å². The fraction of sp³-hybridized carbons (Fsp3) is 0.192. The van der Waals surface area contributed by atoms with E-state index in [2.05, 4.69) is 4.98 Å². The Morgan fingerprint density at radius 2 is 1.69 bits per heavy atom. The molecule has 10 heteroatoms. The first kappa shape index (κ1) is 26.0. The fourth-order valence-electron chi connectivity index (χ4n) is 3.84. The van der Waals surface area contributed by atoms with Crippen molar-refractivity contribution in [2.24, 2.45) is 0 Å². The lowest BCUT2D eigenvalue weighted by atomic mass is 10.0. The van der Waals surface area contributed by atoms with Gasteiger partial charge in [0.25, 0.3) is 0 Å². The van der Waals surface area contributed by atoms with E-state index in [0.29, 0.717) is 11.1 Å². The smallest absolute Gasteiger partial charge is 0.175 e. The average Bonchev–Trinajstić information content (AvgIpc) is 3.23.